The molecule has 0 radical (unpaired) electrons. The van der Waals surface area contributed by atoms with Crippen LogP contribution >= 0.6 is 11.8 Å². The number of hydrogen-bond donors (Lipinski definition) is 1. The van der Waals surface area contributed by atoms with Gasteiger partial charge in [0.15, 0.2) is 6.61 Å². The van der Waals surface area contributed by atoms with Crippen LogP contribution in [0.3, 0.4) is 0 Å². The van der Waals surface area contributed by atoms with E-state index in [2.05, 4.69) is 5.32 Å². The third kappa shape index (κ3) is 6.55. The first-order chi connectivity index (χ1) is 17.4. The molecular formula is C28H26N2O5S. The highest BCUT2D eigenvalue weighted by molar-refractivity contribution is 8.18. The highest BCUT2D eigenvalue weighted by atomic mass is 32.2. The summed E-state index contributed by atoms with van der Waals surface area (Å²) in [6, 6.07) is 21.9. The van der Waals surface area contributed by atoms with Crippen molar-refractivity contribution < 1.29 is 23.9 Å². The normalized spacial score (nSPS) is 14.3. The number of nitrogens with zero attached hydrogens (tertiary/aromatic N) is 1. The van der Waals surface area contributed by atoms with E-state index in [9.17, 15) is 14.4 Å². The molecular weight excluding hydrogens is 476 g/mol. The van der Waals surface area contributed by atoms with Crippen molar-refractivity contribution >= 4 is 40.6 Å². The lowest BCUT2D eigenvalue weighted by molar-refractivity contribution is -0.123. The predicted octanol–water partition coefficient (Wildman–Crippen LogP) is 5.44. The number of thioether (sulfide) groups is 1. The van der Waals surface area contributed by atoms with Gasteiger partial charge >= 0.3 is 0 Å². The van der Waals surface area contributed by atoms with Crippen LogP contribution in [0.2, 0.25) is 0 Å². The van der Waals surface area contributed by atoms with Crippen molar-refractivity contribution in [3.05, 3.63) is 94.4 Å². The van der Waals surface area contributed by atoms with Gasteiger partial charge < -0.3 is 14.8 Å². The summed E-state index contributed by atoms with van der Waals surface area (Å²) >= 11 is 0.903. The third-order valence-electron chi connectivity index (χ3n) is 5.54. The summed E-state index contributed by atoms with van der Waals surface area (Å²) in [6.45, 7) is 4.27. The van der Waals surface area contributed by atoms with Crippen LogP contribution in [-0.2, 0) is 9.59 Å². The number of benzene rings is 3. The van der Waals surface area contributed by atoms with Gasteiger partial charge in [-0.3, -0.25) is 19.3 Å². The quantitative estimate of drug-likeness (QED) is 0.393. The number of rotatable bonds is 9. The number of imide groups is 1. The Kier molecular flexibility index (Phi) is 8.07. The lowest BCUT2D eigenvalue weighted by atomic mass is 10.1. The zero-order valence-electron chi connectivity index (χ0n) is 20.0. The van der Waals surface area contributed by atoms with E-state index >= 15 is 0 Å². The molecule has 1 saturated heterocycles. The second-order valence-electron chi connectivity index (χ2n) is 8.20. The van der Waals surface area contributed by atoms with E-state index in [4.69, 9.17) is 9.47 Å². The maximum Gasteiger partial charge on any atom is 0.293 e. The largest absolute Gasteiger partial charge is 0.492 e. The molecule has 4 rings (SSSR count). The van der Waals surface area contributed by atoms with E-state index in [0.717, 1.165) is 34.1 Å². The standard InChI is InChI=1S/C28H26N2O5S/c1-19-8-11-22(16-20(19)2)29-26(31)18-35-24-12-9-21(10-13-24)17-25-27(32)30(28(33)36-25)14-15-34-23-6-4-3-5-7-23/h3-13,16-17H,14-15,18H2,1-2H3,(H,29,31)/b25-17-. The molecule has 184 valence electrons. The first-order valence-corrected chi connectivity index (χ1v) is 12.2. The zero-order valence-corrected chi connectivity index (χ0v) is 20.8. The van der Waals surface area contributed by atoms with Crippen molar-refractivity contribution in [3.63, 3.8) is 0 Å². The van der Waals surface area contributed by atoms with Gasteiger partial charge in [0.1, 0.15) is 18.1 Å². The molecule has 8 heteroatoms. The zero-order chi connectivity index (χ0) is 25.5. The fourth-order valence-electron chi connectivity index (χ4n) is 3.44. The molecule has 1 aliphatic rings. The smallest absolute Gasteiger partial charge is 0.293 e. The highest BCUT2D eigenvalue weighted by Gasteiger charge is 2.34. The van der Waals surface area contributed by atoms with Crippen molar-refractivity contribution in [1.82, 2.24) is 4.90 Å². The molecule has 1 heterocycles. The Hall–Kier alpha value is -4.04. The monoisotopic (exact) mass is 502 g/mol. The van der Waals surface area contributed by atoms with Gasteiger partial charge in [-0.1, -0.05) is 36.4 Å². The lowest BCUT2D eigenvalue weighted by Crippen LogP contribution is -2.32. The molecule has 1 fully saturated rings. The number of anilines is 1. The summed E-state index contributed by atoms with van der Waals surface area (Å²) in [5.41, 5.74) is 3.73. The van der Waals surface area contributed by atoms with Crippen LogP contribution in [0.15, 0.2) is 77.7 Å². The minimum Gasteiger partial charge on any atom is -0.492 e. The Morgan fingerprint density at radius 3 is 2.36 bits per heavy atom. The minimum atomic E-state index is -0.343. The number of aryl methyl sites for hydroxylation is 2. The maximum atomic E-state index is 12.7. The average molecular weight is 503 g/mol. The highest BCUT2D eigenvalue weighted by Crippen LogP contribution is 2.32. The van der Waals surface area contributed by atoms with Gasteiger partial charge in [0.05, 0.1) is 11.4 Å². The summed E-state index contributed by atoms with van der Waals surface area (Å²) in [6.07, 6.45) is 1.67. The van der Waals surface area contributed by atoms with Crippen LogP contribution in [0.4, 0.5) is 10.5 Å². The number of carbonyl (C=O) groups excluding carboxylic acids is 3. The number of nitrogens with one attached hydrogen (secondary N) is 1. The lowest BCUT2D eigenvalue weighted by Gasteiger charge is -2.13. The molecule has 0 aromatic heterocycles. The Balaban J connectivity index is 1.28. The van der Waals surface area contributed by atoms with Gasteiger partial charge in [0.2, 0.25) is 0 Å². The fourth-order valence-corrected chi connectivity index (χ4v) is 4.31. The second-order valence-corrected chi connectivity index (χ2v) is 9.19. The van der Waals surface area contributed by atoms with Crippen molar-refractivity contribution in [1.29, 1.82) is 0 Å². The van der Waals surface area contributed by atoms with Crippen molar-refractivity contribution in [2.24, 2.45) is 0 Å². The molecule has 0 bridgehead atoms. The minimum absolute atomic E-state index is 0.129. The molecule has 7 nitrogen and oxygen atoms in total. The second kappa shape index (κ2) is 11.6. The molecule has 0 aliphatic carbocycles. The molecule has 1 aliphatic heterocycles. The average Bonchev–Trinajstić information content (AvgIpc) is 3.14. The Labute approximate surface area is 214 Å². The van der Waals surface area contributed by atoms with Crippen LogP contribution in [0.1, 0.15) is 16.7 Å². The number of amides is 3. The van der Waals surface area contributed by atoms with E-state index in [1.165, 1.54) is 4.90 Å². The molecule has 0 saturated carbocycles. The number of carbonyl (C=O) groups is 3. The topological polar surface area (TPSA) is 84.9 Å². The number of hydrogen-bond acceptors (Lipinski definition) is 6. The summed E-state index contributed by atoms with van der Waals surface area (Å²) < 4.78 is 11.2. The van der Waals surface area contributed by atoms with Gasteiger partial charge in [-0.05, 0) is 84.8 Å². The van der Waals surface area contributed by atoms with Crippen molar-refractivity contribution in [2.75, 3.05) is 25.1 Å². The predicted molar refractivity (Wildman–Crippen MR) is 141 cm³/mol. The van der Waals surface area contributed by atoms with Crippen molar-refractivity contribution in [3.8, 4) is 11.5 Å². The van der Waals surface area contributed by atoms with E-state index < -0.39 is 0 Å². The number of para-hydroxylation sites is 1. The van der Waals surface area contributed by atoms with Crippen LogP contribution in [0.5, 0.6) is 11.5 Å². The maximum absolute atomic E-state index is 12.7. The molecule has 0 atom stereocenters. The SMILES string of the molecule is Cc1ccc(NC(=O)COc2ccc(/C=C3\SC(=O)N(CCOc4ccccc4)C3=O)cc2)cc1C. The van der Waals surface area contributed by atoms with Gasteiger partial charge in [0.25, 0.3) is 17.1 Å². The van der Waals surface area contributed by atoms with Gasteiger partial charge in [-0.15, -0.1) is 0 Å². The molecule has 0 unspecified atom stereocenters. The van der Waals surface area contributed by atoms with Gasteiger partial charge in [-0.2, -0.15) is 0 Å². The first-order valence-electron chi connectivity index (χ1n) is 11.4. The van der Waals surface area contributed by atoms with E-state index in [0.29, 0.717) is 16.4 Å². The summed E-state index contributed by atoms with van der Waals surface area (Å²) in [5, 5.41) is 2.50. The molecule has 0 spiro atoms. The molecule has 36 heavy (non-hydrogen) atoms. The van der Waals surface area contributed by atoms with Gasteiger partial charge in [0, 0.05) is 5.69 Å². The van der Waals surface area contributed by atoms with Crippen LogP contribution in [-0.4, -0.2) is 41.7 Å². The summed E-state index contributed by atoms with van der Waals surface area (Å²) in [7, 11) is 0. The summed E-state index contributed by atoms with van der Waals surface area (Å²) in [5.74, 6) is 0.607. The van der Waals surface area contributed by atoms with Crippen LogP contribution < -0.4 is 14.8 Å². The van der Waals surface area contributed by atoms with Crippen LogP contribution in [0.25, 0.3) is 6.08 Å². The molecule has 1 N–H and O–H groups in total. The molecule has 3 amide bonds. The van der Waals surface area contributed by atoms with Crippen LogP contribution in [0, 0.1) is 13.8 Å². The number of ether oxygens (including phenoxy) is 2. The van der Waals surface area contributed by atoms with E-state index in [1.807, 2.05) is 62.4 Å². The first kappa shape index (κ1) is 25.1. The van der Waals surface area contributed by atoms with Gasteiger partial charge in [-0.25, -0.2) is 0 Å². The van der Waals surface area contributed by atoms with Crippen molar-refractivity contribution in [2.45, 2.75) is 13.8 Å². The fraction of sp³-hybridized carbons (Fsp3) is 0.179. The Morgan fingerprint density at radius 1 is 0.917 bits per heavy atom. The molecule has 3 aromatic carbocycles. The Morgan fingerprint density at radius 2 is 1.64 bits per heavy atom. The summed E-state index contributed by atoms with van der Waals surface area (Å²) in [4.78, 5) is 38.7. The van der Waals surface area contributed by atoms with E-state index in [1.54, 1.807) is 30.3 Å². The van der Waals surface area contributed by atoms with E-state index in [-0.39, 0.29) is 36.8 Å². The third-order valence-corrected chi connectivity index (χ3v) is 6.45. The molecule has 3 aromatic rings. The Bertz CT molecular complexity index is 1290.